The summed E-state index contributed by atoms with van der Waals surface area (Å²) in [6.07, 6.45) is -2.95. The van der Waals surface area contributed by atoms with Crippen LogP contribution in [0.25, 0.3) is 11.2 Å². The lowest BCUT2D eigenvalue weighted by Gasteiger charge is -2.16. The number of ether oxygens (including phenoxy) is 1. The highest BCUT2D eigenvalue weighted by Crippen LogP contribution is 2.31. The molecule has 1 amide bonds. The Bertz CT molecular complexity index is 690. The second kappa shape index (κ2) is 4.89. The molecule has 3 rings (SSSR count). The fourth-order valence-electron chi connectivity index (χ4n) is 2.23. The number of hydrogen-bond donors (Lipinski definition) is 5. The highest BCUT2D eigenvalue weighted by molar-refractivity contribution is 5.82. The summed E-state index contributed by atoms with van der Waals surface area (Å²) in [6.45, 7) is 0. The fourth-order valence-corrected chi connectivity index (χ4v) is 2.23. The third kappa shape index (κ3) is 1.99. The molecule has 2 aromatic heterocycles. The summed E-state index contributed by atoms with van der Waals surface area (Å²) in [6, 6.07) is 0. The normalized spacial score (nSPS) is 28.9. The van der Waals surface area contributed by atoms with Crippen molar-refractivity contribution in [3.8, 4) is 0 Å². The van der Waals surface area contributed by atoms with E-state index in [0.29, 0.717) is 5.52 Å². The molecule has 11 nitrogen and oxygen atoms in total. The van der Waals surface area contributed by atoms with Gasteiger partial charge < -0.3 is 20.7 Å². The molecule has 112 valence electrons. The quantitative estimate of drug-likeness (QED) is 0.298. The number of fused-ring (bicyclic) bond motifs is 1. The van der Waals surface area contributed by atoms with E-state index in [0.717, 1.165) is 0 Å². The van der Waals surface area contributed by atoms with E-state index < -0.39 is 30.4 Å². The molecule has 11 heteroatoms. The third-order valence-electron chi connectivity index (χ3n) is 3.27. The SMILES string of the molecule is Nc1ncnc2c1ncn2[C@@H]1O[C@@H](C(=O)NO)[C@@H](O)[C@H]1O. The first kappa shape index (κ1) is 13.6. The molecule has 6 N–H and O–H groups in total. The largest absolute Gasteiger partial charge is 0.387 e. The van der Waals surface area contributed by atoms with Crippen LogP contribution < -0.4 is 11.2 Å². The van der Waals surface area contributed by atoms with Crippen molar-refractivity contribution in [3.63, 3.8) is 0 Å². The number of imidazole rings is 1. The number of amides is 1. The fraction of sp³-hybridized carbons (Fsp3) is 0.400. The van der Waals surface area contributed by atoms with Crippen LogP contribution in [0.1, 0.15) is 6.23 Å². The summed E-state index contributed by atoms with van der Waals surface area (Å²) in [5.74, 6) is -0.820. The van der Waals surface area contributed by atoms with E-state index in [-0.39, 0.29) is 11.5 Å². The third-order valence-corrected chi connectivity index (χ3v) is 3.27. The number of hydroxylamine groups is 1. The van der Waals surface area contributed by atoms with Crippen LogP contribution in [0.3, 0.4) is 0 Å². The molecule has 2 aromatic rings. The predicted molar refractivity (Wildman–Crippen MR) is 65.6 cm³/mol. The van der Waals surface area contributed by atoms with Crippen molar-refractivity contribution in [2.45, 2.75) is 24.5 Å². The number of nitrogens with one attached hydrogen (secondary N) is 1. The molecule has 0 spiro atoms. The maximum Gasteiger partial charge on any atom is 0.275 e. The van der Waals surface area contributed by atoms with Crippen LogP contribution in [0.5, 0.6) is 0 Å². The zero-order chi connectivity index (χ0) is 15.1. The van der Waals surface area contributed by atoms with Crippen molar-refractivity contribution >= 4 is 22.9 Å². The van der Waals surface area contributed by atoms with E-state index in [4.69, 9.17) is 15.7 Å². The predicted octanol–water partition coefficient (Wildman–Crippen LogP) is -2.47. The average Bonchev–Trinajstić information content (AvgIpc) is 3.02. The lowest BCUT2D eigenvalue weighted by molar-refractivity contribution is -0.146. The van der Waals surface area contributed by atoms with Crippen LogP contribution in [0, 0.1) is 0 Å². The van der Waals surface area contributed by atoms with Gasteiger partial charge in [0.1, 0.15) is 24.1 Å². The number of nitrogen functional groups attached to an aromatic ring is 1. The van der Waals surface area contributed by atoms with Gasteiger partial charge in [-0.3, -0.25) is 14.6 Å². The van der Waals surface area contributed by atoms with Gasteiger partial charge in [-0.15, -0.1) is 0 Å². The molecule has 0 aliphatic carbocycles. The molecule has 0 unspecified atom stereocenters. The molecule has 4 atom stereocenters. The van der Waals surface area contributed by atoms with Crippen LogP contribution in [0.2, 0.25) is 0 Å². The highest BCUT2D eigenvalue weighted by Gasteiger charge is 2.47. The van der Waals surface area contributed by atoms with Crippen LogP contribution >= 0.6 is 0 Å². The lowest BCUT2D eigenvalue weighted by atomic mass is 10.1. The Morgan fingerprint density at radius 1 is 1.33 bits per heavy atom. The van der Waals surface area contributed by atoms with E-state index in [1.807, 2.05) is 0 Å². The second-order valence-corrected chi connectivity index (χ2v) is 4.49. The summed E-state index contributed by atoms with van der Waals surface area (Å²) in [5, 5.41) is 28.4. The summed E-state index contributed by atoms with van der Waals surface area (Å²) >= 11 is 0. The number of rotatable bonds is 2. The van der Waals surface area contributed by atoms with E-state index in [1.165, 1.54) is 22.7 Å². The van der Waals surface area contributed by atoms with Crippen LogP contribution in [-0.2, 0) is 9.53 Å². The van der Waals surface area contributed by atoms with Gasteiger partial charge in [-0.2, -0.15) is 0 Å². The standard InChI is InChI=1S/C10H12N6O5/c11-7-3-8(13-1-12-7)16(2-14-3)10-5(18)4(17)6(21-10)9(19)15-20/h1-2,4-6,10,17-18,20H,(H,15,19)(H2,11,12,13)/t4-,5+,6+,10+/m0/s1. The van der Waals surface area contributed by atoms with Gasteiger partial charge in [0.2, 0.25) is 0 Å². The zero-order valence-corrected chi connectivity index (χ0v) is 10.5. The number of nitrogens with two attached hydrogens (primary N) is 1. The number of aliphatic hydroxyl groups is 2. The number of carbonyl (C=O) groups excluding carboxylic acids is 1. The van der Waals surface area contributed by atoms with Crippen molar-refractivity contribution in [2.75, 3.05) is 5.73 Å². The molecule has 1 aliphatic rings. The van der Waals surface area contributed by atoms with Gasteiger partial charge in [-0.1, -0.05) is 0 Å². The Hall–Kier alpha value is -2.34. The molecule has 0 aromatic carbocycles. The van der Waals surface area contributed by atoms with Crippen molar-refractivity contribution in [2.24, 2.45) is 0 Å². The van der Waals surface area contributed by atoms with Gasteiger partial charge >= 0.3 is 0 Å². The van der Waals surface area contributed by atoms with Crippen molar-refractivity contribution in [3.05, 3.63) is 12.7 Å². The smallest absolute Gasteiger partial charge is 0.275 e. The summed E-state index contributed by atoms with van der Waals surface area (Å²) in [5.41, 5.74) is 7.60. The van der Waals surface area contributed by atoms with E-state index in [2.05, 4.69) is 15.0 Å². The van der Waals surface area contributed by atoms with Gasteiger partial charge in [0.15, 0.2) is 23.8 Å². The number of aliphatic hydroxyl groups excluding tert-OH is 2. The van der Waals surface area contributed by atoms with Crippen molar-refractivity contribution in [1.82, 2.24) is 25.0 Å². The minimum Gasteiger partial charge on any atom is -0.387 e. The molecule has 1 aliphatic heterocycles. The van der Waals surface area contributed by atoms with Crippen molar-refractivity contribution < 1.29 is 25.0 Å². The van der Waals surface area contributed by atoms with E-state index in [9.17, 15) is 15.0 Å². The zero-order valence-electron chi connectivity index (χ0n) is 10.5. The first-order chi connectivity index (χ1) is 10.0. The highest BCUT2D eigenvalue weighted by atomic mass is 16.6. The van der Waals surface area contributed by atoms with Gasteiger partial charge in [-0.05, 0) is 0 Å². The second-order valence-electron chi connectivity index (χ2n) is 4.49. The first-order valence-corrected chi connectivity index (χ1v) is 5.93. The summed E-state index contributed by atoms with van der Waals surface area (Å²) < 4.78 is 6.61. The molecular formula is C10H12N6O5. The van der Waals surface area contributed by atoms with Crippen LogP contribution in [-0.4, -0.2) is 59.2 Å². The average molecular weight is 296 g/mol. The Balaban J connectivity index is 2.00. The van der Waals surface area contributed by atoms with E-state index in [1.54, 1.807) is 0 Å². The summed E-state index contributed by atoms with van der Waals surface area (Å²) in [4.78, 5) is 23.1. The summed E-state index contributed by atoms with van der Waals surface area (Å²) in [7, 11) is 0. The van der Waals surface area contributed by atoms with E-state index >= 15 is 0 Å². The Morgan fingerprint density at radius 2 is 2.10 bits per heavy atom. The van der Waals surface area contributed by atoms with Gasteiger partial charge in [-0.25, -0.2) is 20.4 Å². The van der Waals surface area contributed by atoms with Gasteiger partial charge in [0.05, 0.1) is 6.33 Å². The number of anilines is 1. The number of hydrogen-bond acceptors (Lipinski definition) is 9. The number of aromatic nitrogens is 4. The Morgan fingerprint density at radius 3 is 2.81 bits per heavy atom. The first-order valence-electron chi connectivity index (χ1n) is 5.93. The molecule has 1 saturated heterocycles. The molecule has 0 bridgehead atoms. The van der Waals surface area contributed by atoms with Gasteiger partial charge in [0, 0.05) is 0 Å². The molecule has 1 fully saturated rings. The van der Waals surface area contributed by atoms with Crippen molar-refractivity contribution in [1.29, 1.82) is 0 Å². The molecule has 0 radical (unpaired) electrons. The maximum absolute atomic E-state index is 11.4. The van der Waals surface area contributed by atoms with Crippen LogP contribution in [0.15, 0.2) is 12.7 Å². The molecular weight excluding hydrogens is 284 g/mol. The minimum atomic E-state index is -1.52. The van der Waals surface area contributed by atoms with Gasteiger partial charge in [0.25, 0.3) is 5.91 Å². The maximum atomic E-state index is 11.4. The Labute approximate surface area is 117 Å². The number of nitrogens with zero attached hydrogens (tertiary/aromatic N) is 4. The molecule has 3 heterocycles. The topological polar surface area (TPSA) is 169 Å². The number of carbonyl (C=O) groups is 1. The minimum absolute atomic E-state index is 0.149. The van der Waals surface area contributed by atoms with Crippen LogP contribution in [0.4, 0.5) is 5.82 Å². The lowest BCUT2D eigenvalue weighted by Crippen LogP contribution is -2.41. The molecule has 21 heavy (non-hydrogen) atoms. The monoisotopic (exact) mass is 296 g/mol. The molecule has 0 saturated carbocycles. The Kier molecular flexibility index (Phi) is 3.17.